The summed E-state index contributed by atoms with van der Waals surface area (Å²) in [5.41, 5.74) is 14.2. The van der Waals surface area contributed by atoms with Gasteiger partial charge in [-0.05, 0) is 31.0 Å². The summed E-state index contributed by atoms with van der Waals surface area (Å²) in [7, 11) is -3.62. The monoisotopic (exact) mass is 429 g/mol. The first kappa shape index (κ1) is 19.5. The van der Waals surface area contributed by atoms with Crippen LogP contribution < -0.4 is 11.5 Å². The standard InChI is InChI=1S/C20H20ClN5O2S/c1-29(27,28)26-16-5-3-2-4-15(16)17(18(12-6-7-12)24-25-20(22)23)19(26)13-8-10-14(21)11-9-13/h2-5,8-12H,6-7H2,1H3,(H4,22,23,25)/b24-18-. The molecule has 1 aliphatic rings. The van der Waals surface area contributed by atoms with Gasteiger partial charge in [-0.25, -0.2) is 12.4 Å². The molecule has 2 aromatic carbocycles. The molecule has 1 saturated carbocycles. The molecule has 0 aliphatic heterocycles. The van der Waals surface area contributed by atoms with Gasteiger partial charge in [-0.1, -0.05) is 41.9 Å². The van der Waals surface area contributed by atoms with Gasteiger partial charge in [-0.3, -0.25) is 0 Å². The van der Waals surface area contributed by atoms with Gasteiger partial charge in [0.15, 0.2) is 0 Å². The first-order valence-electron chi connectivity index (χ1n) is 9.04. The normalized spacial score (nSPS) is 14.9. The maximum Gasteiger partial charge on any atom is 0.236 e. The maximum absolute atomic E-state index is 12.8. The van der Waals surface area contributed by atoms with Crippen LogP contribution in [0.3, 0.4) is 0 Å². The number of aromatic nitrogens is 1. The van der Waals surface area contributed by atoms with Crippen LogP contribution in [-0.4, -0.2) is 30.3 Å². The predicted molar refractivity (Wildman–Crippen MR) is 118 cm³/mol. The molecule has 1 aromatic heterocycles. The summed E-state index contributed by atoms with van der Waals surface area (Å²) in [6.45, 7) is 0. The first-order valence-corrected chi connectivity index (χ1v) is 11.3. The van der Waals surface area contributed by atoms with Crippen molar-refractivity contribution < 1.29 is 8.42 Å². The van der Waals surface area contributed by atoms with Crippen LogP contribution in [0.25, 0.3) is 22.2 Å². The zero-order chi connectivity index (χ0) is 20.8. The number of halogens is 1. The zero-order valence-electron chi connectivity index (χ0n) is 15.7. The predicted octanol–water partition coefficient (Wildman–Crippen LogP) is 3.16. The third-order valence-corrected chi connectivity index (χ3v) is 6.07. The van der Waals surface area contributed by atoms with E-state index in [1.165, 1.54) is 10.2 Å². The number of guanidine groups is 1. The lowest BCUT2D eigenvalue weighted by molar-refractivity contribution is 0.595. The van der Waals surface area contributed by atoms with Gasteiger partial charge in [-0.2, -0.15) is 5.10 Å². The number of benzene rings is 2. The molecule has 0 saturated heterocycles. The van der Waals surface area contributed by atoms with Crippen LogP contribution in [0.5, 0.6) is 0 Å². The van der Waals surface area contributed by atoms with Gasteiger partial charge in [0.05, 0.1) is 23.2 Å². The van der Waals surface area contributed by atoms with Crippen LogP contribution in [0.1, 0.15) is 18.4 Å². The summed E-state index contributed by atoms with van der Waals surface area (Å²) in [4.78, 5) is 0. The highest BCUT2D eigenvalue weighted by Gasteiger charge is 2.35. The molecule has 4 N–H and O–H groups in total. The Kier molecular flexibility index (Phi) is 4.84. The molecule has 0 radical (unpaired) electrons. The fraction of sp³-hybridized carbons (Fsp3) is 0.200. The van der Waals surface area contributed by atoms with Crippen LogP contribution in [0.4, 0.5) is 0 Å². The second-order valence-electron chi connectivity index (χ2n) is 7.06. The van der Waals surface area contributed by atoms with E-state index in [0.29, 0.717) is 27.5 Å². The molecule has 1 fully saturated rings. The summed E-state index contributed by atoms with van der Waals surface area (Å²) in [5, 5.41) is 9.54. The van der Waals surface area contributed by atoms with E-state index in [2.05, 4.69) is 10.2 Å². The molecular weight excluding hydrogens is 410 g/mol. The van der Waals surface area contributed by atoms with Crippen molar-refractivity contribution in [3.63, 3.8) is 0 Å². The summed E-state index contributed by atoms with van der Waals surface area (Å²) < 4.78 is 27.0. The van der Waals surface area contributed by atoms with Crippen molar-refractivity contribution in [2.24, 2.45) is 27.6 Å². The Morgan fingerprint density at radius 2 is 1.72 bits per heavy atom. The van der Waals surface area contributed by atoms with Gasteiger partial charge >= 0.3 is 0 Å². The topological polar surface area (TPSA) is 116 Å². The fourth-order valence-electron chi connectivity index (χ4n) is 3.49. The Morgan fingerprint density at radius 3 is 2.31 bits per heavy atom. The molecule has 0 bridgehead atoms. The molecule has 0 spiro atoms. The van der Waals surface area contributed by atoms with Crippen LogP contribution in [-0.2, 0) is 10.0 Å². The number of para-hydroxylation sites is 1. The Labute approximate surface area is 173 Å². The molecular formula is C20H20ClN5O2S. The number of fused-ring (bicyclic) bond motifs is 1. The Bertz CT molecular complexity index is 1250. The first-order chi connectivity index (χ1) is 13.8. The van der Waals surface area contributed by atoms with E-state index in [4.69, 9.17) is 23.1 Å². The third kappa shape index (κ3) is 3.73. The van der Waals surface area contributed by atoms with E-state index in [-0.39, 0.29) is 11.9 Å². The third-order valence-electron chi connectivity index (χ3n) is 4.77. The Hall–Kier alpha value is -2.84. The highest BCUT2D eigenvalue weighted by molar-refractivity contribution is 7.89. The van der Waals surface area contributed by atoms with Crippen LogP contribution >= 0.6 is 11.6 Å². The van der Waals surface area contributed by atoms with Gasteiger partial charge in [0.1, 0.15) is 0 Å². The number of nitrogens with two attached hydrogens (primary N) is 2. The van der Waals surface area contributed by atoms with Crippen LogP contribution in [0, 0.1) is 5.92 Å². The average Bonchev–Trinajstić information content (AvgIpc) is 3.43. The summed E-state index contributed by atoms with van der Waals surface area (Å²) in [6, 6.07) is 14.4. The van der Waals surface area contributed by atoms with Crippen molar-refractivity contribution in [2.75, 3.05) is 6.26 Å². The van der Waals surface area contributed by atoms with Crippen molar-refractivity contribution in [3.8, 4) is 11.3 Å². The van der Waals surface area contributed by atoms with E-state index < -0.39 is 10.0 Å². The number of hydrogen-bond acceptors (Lipinski definition) is 4. The highest BCUT2D eigenvalue weighted by atomic mass is 35.5. The molecule has 3 aromatic rings. The molecule has 29 heavy (non-hydrogen) atoms. The minimum absolute atomic E-state index is 0.150. The van der Waals surface area contributed by atoms with Crippen molar-refractivity contribution >= 4 is 44.2 Å². The molecule has 0 atom stereocenters. The van der Waals surface area contributed by atoms with Crippen molar-refractivity contribution in [1.29, 1.82) is 0 Å². The van der Waals surface area contributed by atoms with Gasteiger partial charge in [0.25, 0.3) is 0 Å². The van der Waals surface area contributed by atoms with Gasteiger partial charge in [0, 0.05) is 27.5 Å². The van der Waals surface area contributed by atoms with Crippen molar-refractivity contribution in [2.45, 2.75) is 12.8 Å². The van der Waals surface area contributed by atoms with Crippen molar-refractivity contribution in [1.82, 2.24) is 3.97 Å². The average molecular weight is 430 g/mol. The lowest BCUT2D eigenvalue weighted by Gasteiger charge is -2.12. The van der Waals surface area contributed by atoms with Crippen molar-refractivity contribution in [3.05, 3.63) is 59.1 Å². The van der Waals surface area contributed by atoms with Crippen LogP contribution in [0.2, 0.25) is 5.02 Å². The largest absolute Gasteiger partial charge is 0.369 e. The second kappa shape index (κ2) is 7.20. The quantitative estimate of drug-likeness (QED) is 0.368. The number of rotatable bonds is 5. The molecule has 7 nitrogen and oxygen atoms in total. The summed E-state index contributed by atoms with van der Waals surface area (Å²) >= 11 is 6.06. The SMILES string of the molecule is CS(=O)(=O)n1c(-c2ccc(Cl)cc2)c(/C(=N\N=C(N)N)C2CC2)c2ccccc21. The minimum Gasteiger partial charge on any atom is -0.369 e. The van der Waals surface area contributed by atoms with E-state index in [1.807, 2.05) is 18.2 Å². The maximum atomic E-state index is 12.8. The highest BCUT2D eigenvalue weighted by Crippen LogP contribution is 2.42. The van der Waals surface area contributed by atoms with E-state index >= 15 is 0 Å². The van der Waals surface area contributed by atoms with E-state index in [0.717, 1.165) is 23.8 Å². The van der Waals surface area contributed by atoms with E-state index in [1.54, 1.807) is 30.3 Å². The smallest absolute Gasteiger partial charge is 0.236 e. The number of hydrogen-bond donors (Lipinski definition) is 2. The molecule has 150 valence electrons. The minimum atomic E-state index is -3.62. The molecule has 1 aliphatic carbocycles. The summed E-state index contributed by atoms with van der Waals surface area (Å²) in [6.07, 6.45) is 3.07. The second-order valence-corrected chi connectivity index (χ2v) is 9.33. The summed E-state index contributed by atoms with van der Waals surface area (Å²) in [5.74, 6) is 0.0195. The fourth-order valence-corrected chi connectivity index (χ4v) is 4.66. The number of nitrogens with zero attached hydrogens (tertiary/aromatic N) is 3. The molecule has 1 heterocycles. The van der Waals surface area contributed by atoms with Gasteiger partial charge in [-0.15, -0.1) is 5.10 Å². The Balaban J connectivity index is 2.16. The van der Waals surface area contributed by atoms with Gasteiger partial charge < -0.3 is 11.5 Å². The van der Waals surface area contributed by atoms with Crippen LogP contribution in [0.15, 0.2) is 58.7 Å². The molecule has 9 heteroatoms. The molecule has 4 rings (SSSR count). The van der Waals surface area contributed by atoms with Gasteiger partial charge in [0.2, 0.25) is 16.0 Å². The lowest BCUT2D eigenvalue weighted by atomic mass is 9.98. The zero-order valence-corrected chi connectivity index (χ0v) is 17.3. The molecule has 0 unspecified atom stereocenters. The lowest BCUT2D eigenvalue weighted by Crippen LogP contribution is -2.22. The molecule has 0 amide bonds. The van der Waals surface area contributed by atoms with E-state index in [9.17, 15) is 8.42 Å². The Morgan fingerprint density at radius 1 is 1.07 bits per heavy atom.